The second kappa shape index (κ2) is 10.8. The van der Waals surface area contributed by atoms with Gasteiger partial charge in [0.15, 0.2) is 5.17 Å². The molecular formula is C20H30ClN3O2S. The summed E-state index contributed by atoms with van der Waals surface area (Å²) in [6.07, 6.45) is 8.18. The molecule has 0 spiro atoms. The molecule has 2 aliphatic rings. The van der Waals surface area contributed by atoms with E-state index < -0.39 is 0 Å². The Kier molecular flexibility index (Phi) is 8.77. The van der Waals surface area contributed by atoms with Gasteiger partial charge in [-0.2, -0.15) is 0 Å². The standard InChI is InChI=1S/C20H29N3O2S.ClH/c1-23-17(13-19(24)21-16-9-11-18(25-2)12-10-16)14-26-20(23)22-15-7-5-3-4-6-8-15;/h9-12,15,17H,3-8,13-14H2,1-2H3,(H,21,24);1H/b22-20-;. The lowest BCUT2D eigenvalue weighted by atomic mass is 10.1. The van der Waals surface area contributed by atoms with Crippen LogP contribution in [0.3, 0.4) is 0 Å². The summed E-state index contributed by atoms with van der Waals surface area (Å²) < 4.78 is 5.14. The molecule has 1 N–H and O–H groups in total. The quantitative estimate of drug-likeness (QED) is 0.721. The van der Waals surface area contributed by atoms with Crippen LogP contribution in [0, 0.1) is 0 Å². The van der Waals surface area contributed by atoms with Gasteiger partial charge in [0.2, 0.25) is 5.91 Å². The van der Waals surface area contributed by atoms with Crippen LogP contribution in [-0.2, 0) is 4.79 Å². The number of aliphatic imine (C=N–C) groups is 1. The summed E-state index contributed by atoms with van der Waals surface area (Å²) in [5, 5.41) is 4.09. The molecule has 27 heavy (non-hydrogen) atoms. The lowest BCUT2D eigenvalue weighted by Crippen LogP contribution is -2.34. The van der Waals surface area contributed by atoms with Crippen LogP contribution in [0.1, 0.15) is 44.9 Å². The summed E-state index contributed by atoms with van der Waals surface area (Å²) in [7, 11) is 3.70. The van der Waals surface area contributed by atoms with E-state index in [9.17, 15) is 4.79 Å². The van der Waals surface area contributed by atoms with Crippen LogP contribution in [0.15, 0.2) is 29.3 Å². The van der Waals surface area contributed by atoms with Gasteiger partial charge in [-0.25, -0.2) is 0 Å². The highest BCUT2D eigenvalue weighted by atomic mass is 35.5. The first kappa shape index (κ1) is 21.9. The molecule has 1 unspecified atom stereocenters. The fourth-order valence-electron chi connectivity index (χ4n) is 3.51. The molecule has 150 valence electrons. The third-order valence-electron chi connectivity index (χ3n) is 5.17. The van der Waals surface area contributed by atoms with Crippen LogP contribution in [-0.4, -0.2) is 48.0 Å². The van der Waals surface area contributed by atoms with Gasteiger partial charge in [-0.15, -0.1) is 12.4 Å². The van der Waals surface area contributed by atoms with E-state index in [1.807, 2.05) is 24.3 Å². The summed E-state index contributed by atoms with van der Waals surface area (Å²) in [5.41, 5.74) is 0.802. The molecule has 1 heterocycles. The van der Waals surface area contributed by atoms with E-state index >= 15 is 0 Å². The zero-order chi connectivity index (χ0) is 18.4. The van der Waals surface area contributed by atoms with E-state index in [4.69, 9.17) is 9.73 Å². The number of hydrogen-bond acceptors (Lipinski definition) is 4. The first-order chi connectivity index (χ1) is 12.7. The zero-order valence-corrected chi connectivity index (χ0v) is 17.8. The minimum absolute atomic E-state index is 0. The van der Waals surface area contributed by atoms with Gasteiger partial charge in [-0.3, -0.25) is 9.79 Å². The maximum Gasteiger partial charge on any atom is 0.226 e. The van der Waals surface area contributed by atoms with E-state index in [2.05, 4.69) is 17.3 Å². The van der Waals surface area contributed by atoms with Gasteiger partial charge in [0.25, 0.3) is 0 Å². The number of nitrogens with one attached hydrogen (secondary N) is 1. The van der Waals surface area contributed by atoms with Crippen LogP contribution in [0.2, 0.25) is 0 Å². The number of carbonyl (C=O) groups excluding carboxylic acids is 1. The maximum absolute atomic E-state index is 12.4. The van der Waals surface area contributed by atoms with Crippen molar-refractivity contribution in [3.8, 4) is 5.75 Å². The number of amidine groups is 1. The molecule has 1 atom stereocenters. The molecule has 0 aromatic heterocycles. The van der Waals surface area contributed by atoms with E-state index in [0.717, 1.165) is 22.4 Å². The minimum Gasteiger partial charge on any atom is -0.497 e. The van der Waals surface area contributed by atoms with Gasteiger partial charge >= 0.3 is 0 Å². The molecule has 1 aliphatic carbocycles. The van der Waals surface area contributed by atoms with Gasteiger partial charge in [-0.1, -0.05) is 37.4 Å². The summed E-state index contributed by atoms with van der Waals surface area (Å²) in [4.78, 5) is 19.6. The van der Waals surface area contributed by atoms with Crippen molar-refractivity contribution in [2.24, 2.45) is 4.99 Å². The van der Waals surface area contributed by atoms with Gasteiger partial charge in [0.1, 0.15) is 5.75 Å². The molecule has 0 bridgehead atoms. The number of amides is 1. The summed E-state index contributed by atoms with van der Waals surface area (Å²) in [5.74, 6) is 1.76. The Bertz CT molecular complexity index is 631. The first-order valence-electron chi connectivity index (χ1n) is 9.53. The third kappa shape index (κ3) is 6.32. The number of rotatable bonds is 5. The van der Waals surface area contributed by atoms with Crippen molar-refractivity contribution in [2.75, 3.05) is 25.2 Å². The molecule has 1 aliphatic heterocycles. The Hall–Kier alpha value is -1.40. The molecule has 2 fully saturated rings. The topological polar surface area (TPSA) is 53.9 Å². The number of hydrogen-bond donors (Lipinski definition) is 1. The Morgan fingerprint density at radius 3 is 2.52 bits per heavy atom. The second-order valence-electron chi connectivity index (χ2n) is 7.11. The molecule has 5 nitrogen and oxygen atoms in total. The Morgan fingerprint density at radius 1 is 1.22 bits per heavy atom. The normalized spacial score (nSPS) is 22.2. The smallest absolute Gasteiger partial charge is 0.226 e. The van der Waals surface area contributed by atoms with Crippen molar-refractivity contribution in [3.05, 3.63) is 24.3 Å². The van der Waals surface area contributed by atoms with E-state index in [1.165, 1.54) is 38.5 Å². The summed E-state index contributed by atoms with van der Waals surface area (Å²) in [6.45, 7) is 0. The largest absolute Gasteiger partial charge is 0.497 e. The molecule has 7 heteroatoms. The fraction of sp³-hybridized carbons (Fsp3) is 0.600. The van der Waals surface area contributed by atoms with Crippen molar-refractivity contribution in [2.45, 2.75) is 57.0 Å². The predicted octanol–water partition coefficient (Wildman–Crippen LogP) is 4.57. The number of benzene rings is 1. The Labute approximate surface area is 172 Å². The molecule has 1 amide bonds. The predicted molar refractivity (Wildman–Crippen MR) is 116 cm³/mol. The van der Waals surface area contributed by atoms with Crippen molar-refractivity contribution < 1.29 is 9.53 Å². The van der Waals surface area contributed by atoms with Gasteiger partial charge in [0.05, 0.1) is 13.2 Å². The first-order valence-corrected chi connectivity index (χ1v) is 10.5. The zero-order valence-electron chi connectivity index (χ0n) is 16.1. The lowest BCUT2D eigenvalue weighted by Gasteiger charge is -2.21. The number of nitrogens with zero attached hydrogens (tertiary/aromatic N) is 2. The summed E-state index contributed by atoms with van der Waals surface area (Å²) >= 11 is 1.79. The highest BCUT2D eigenvalue weighted by molar-refractivity contribution is 8.14. The highest BCUT2D eigenvalue weighted by Crippen LogP contribution is 2.28. The van der Waals surface area contributed by atoms with Crippen molar-refractivity contribution >= 4 is 40.9 Å². The average Bonchev–Trinajstić information content (AvgIpc) is 2.85. The second-order valence-corrected chi connectivity index (χ2v) is 8.10. The van der Waals surface area contributed by atoms with Gasteiger partial charge in [0, 0.05) is 31.0 Å². The molecule has 0 radical (unpaired) electrons. The van der Waals surface area contributed by atoms with Crippen molar-refractivity contribution in [3.63, 3.8) is 0 Å². The summed E-state index contributed by atoms with van der Waals surface area (Å²) in [6, 6.07) is 8.11. The molecule has 1 saturated carbocycles. The molecule has 1 saturated heterocycles. The van der Waals surface area contributed by atoms with Crippen LogP contribution < -0.4 is 10.1 Å². The van der Waals surface area contributed by atoms with Crippen LogP contribution >= 0.6 is 24.2 Å². The fourth-order valence-corrected chi connectivity index (χ4v) is 4.77. The number of halogens is 1. The monoisotopic (exact) mass is 411 g/mol. The van der Waals surface area contributed by atoms with Gasteiger partial charge < -0.3 is 15.0 Å². The Morgan fingerprint density at radius 2 is 1.89 bits per heavy atom. The third-order valence-corrected chi connectivity index (χ3v) is 6.37. The number of thioether (sulfide) groups is 1. The molecule has 3 rings (SSSR count). The number of anilines is 1. The van der Waals surface area contributed by atoms with Crippen LogP contribution in [0.25, 0.3) is 0 Å². The van der Waals surface area contributed by atoms with Crippen molar-refractivity contribution in [1.29, 1.82) is 0 Å². The number of carbonyl (C=O) groups is 1. The number of methoxy groups -OCH3 is 1. The van der Waals surface area contributed by atoms with Crippen molar-refractivity contribution in [1.82, 2.24) is 4.90 Å². The minimum atomic E-state index is 0. The molecule has 1 aromatic carbocycles. The highest BCUT2D eigenvalue weighted by Gasteiger charge is 2.29. The van der Waals surface area contributed by atoms with Crippen LogP contribution in [0.5, 0.6) is 5.75 Å². The molecule has 1 aromatic rings. The van der Waals surface area contributed by atoms with E-state index in [0.29, 0.717) is 12.5 Å². The van der Waals surface area contributed by atoms with E-state index in [-0.39, 0.29) is 24.4 Å². The Balaban J connectivity index is 0.00000261. The van der Waals surface area contributed by atoms with Gasteiger partial charge in [-0.05, 0) is 37.1 Å². The lowest BCUT2D eigenvalue weighted by molar-refractivity contribution is -0.116. The van der Waals surface area contributed by atoms with E-state index in [1.54, 1.807) is 18.9 Å². The maximum atomic E-state index is 12.4. The number of ether oxygens (including phenoxy) is 1. The van der Waals surface area contributed by atoms with Crippen LogP contribution in [0.4, 0.5) is 5.69 Å². The average molecular weight is 412 g/mol. The SMILES string of the molecule is COc1ccc(NC(=O)CC2CS/C(=N\C3CCCCCC3)N2C)cc1.Cl. The molecular weight excluding hydrogens is 382 g/mol.